The van der Waals surface area contributed by atoms with E-state index < -0.39 is 11.7 Å². The summed E-state index contributed by atoms with van der Waals surface area (Å²) in [5.41, 5.74) is 4.82. The molecule has 0 spiro atoms. The number of carbonyl (C=O) groups is 2. The van der Waals surface area contributed by atoms with Gasteiger partial charge in [0.15, 0.2) is 0 Å². The summed E-state index contributed by atoms with van der Waals surface area (Å²) in [5.74, 6) is -0.308. The summed E-state index contributed by atoms with van der Waals surface area (Å²) in [6.45, 7) is 9.79. The van der Waals surface area contributed by atoms with E-state index in [2.05, 4.69) is 36.6 Å². The molecule has 0 aliphatic carbocycles. The molecule has 3 aromatic heterocycles. The zero-order valence-electron chi connectivity index (χ0n) is 24.5. The van der Waals surface area contributed by atoms with Crippen molar-refractivity contribution >= 4 is 17.7 Å². The second-order valence-corrected chi connectivity index (χ2v) is 11.6. The van der Waals surface area contributed by atoms with Gasteiger partial charge >= 0.3 is 6.09 Å². The van der Waals surface area contributed by atoms with Gasteiger partial charge in [-0.2, -0.15) is 0 Å². The molecule has 0 unspecified atom stereocenters. The van der Waals surface area contributed by atoms with Crippen LogP contribution in [0.5, 0.6) is 0 Å². The van der Waals surface area contributed by atoms with Crippen molar-refractivity contribution in [2.24, 2.45) is 0 Å². The average molecular weight is 568 g/mol. The first-order valence-corrected chi connectivity index (χ1v) is 14.2. The van der Waals surface area contributed by atoms with E-state index in [0.29, 0.717) is 24.5 Å². The number of likely N-dealkylation sites (tertiary alicyclic amines) is 1. The van der Waals surface area contributed by atoms with Crippen molar-refractivity contribution in [3.8, 4) is 16.9 Å². The number of benzene rings is 1. The lowest BCUT2D eigenvalue weighted by atomic mass is 10.0. The van der Waals surface area contributed by atoms with Gasteiger partial charge in [-0.25, -0.2) is 9.78 Å². The molecule has 4 aromatic rings. The third-order valence-electron chi connectivity index (χ3n) is 6.83. The molecule has 2 N–H and O–H groups in total. The molecule has 218 valence electrons. The van der Waals surface area contributed by atoms with Crippen molar-refractivity contribution in [1.29, 1.82) is 0 Å². The van der Waals surface area contributed by atoms with Crippen molar-refractivity contribution in [2.75, 3.05) is 18.4 Å². The first-order chi connectivity index (χ1) is 20.1. The molecule has 1 saturated heterocycles. The lowest BCUT2D eigenvalue weighted by Gasteiger charge is -2.33. The predicted molar refractivity (Wildman–Crippen MR) is 161 cm³/mol. The molecule has 0 saturated carbocycles. The van der Waals surface area contributed by atoms with Gasteiger partial charge in [0, 0.05) is 54.7 Å². The SMILES string of the molecule is Cc1cn(-c2cc(CN3CCC[C@H](NC(=O)OC(C)(C)C)C3)cc(NC(=O)c3cc(-c4ccccn4)ccn3)c2)cn1. The number of anilines is 1. The monoisotopic (exact) mass is 567 g/mol. The Hall–Kier alpha value is -4.57. The Labute approximate surface area is 246 Å². The summed E-state index contributed by atoms with van der Waals surface area (Å²) in [4.78, 5) is 41.0. The Morgan fingerprint density at radius 2 is 1.90 bits per heavy atom. The topological polar surface area (TPSA) is 114 Å². The molecular weight excluding hydrogens is 530 g/mol. The predicted octanol–water partition coefficient (Wildman–Crippen LogP) is 5.38. The van der Waals surface area contributed by atoms with E-state index in [1.54, 1.807) is 24.8 Å². The normalized spacial score (nSPS) is 15.7. The number of rotatable bonds is 7. The van der Waals surface area contributed by atoms with E-state index >= 15 is 0 Å². The molecule has 10 nitrogen and oxygen atoms in total. The van der Waals surface area contributed by atoms with Crippen LogP contribution in [0.1, 0.15) is 55.4 Å². The van der Waals surface area contributed by atoms with Crippen LogP contribution >= 0.6 is 0 Å². The number of amides is 2. The molecule has 5 rings (SSSR count). The lowest BCUT2D eigenvalue weighted by molar-refractivity contribution is 0.0470. The van der Waals surface area contributed by atoms with Gasteiger partial charge in [-0.15, -0.1) is 0 Å². The van der Waals surface area contributed by atoms with E-state index in [9.17, 15) is 9.59 Å². The Morgan fingerprint density at radius 3 is 2.64 bits per heavy atom. The van der Waals surface area contributed by atoms with Crippen molar-refractivity contribution < 1.29 is 14.3 Å². The lowest BCUT2D eigenvalue weighted by Crippen LogP contribution is -2.48. The van der Waals surface area contributed by atoms with Crippen LogP contribution in [0.4, 0.5) is 10.5 Å². The summed E-state index contributed by atoms with van der Waals surface area (Å²) in [6.07, 6.45) is 8.52. The number of piperidine rings is 1. The third-order valence-corrected chi connectivity index (χ3v) is 6.83. The number of aromatic nitrogens is 4. The van der Waals surface area contributed by atoms with E-state index in [1.165, 1.54) is 0 Å². The molecular formula is C32H37N7O3. The highest BCUT2D eigenvalue weighted by Gasteiger charge is 2.24. The number of carbonyl (C=O) groups excluding carboxylic acids is 2. The Morgan fingerprint density at radius 1 is 1.05 bits per heavy atom. The smallest absolute Gasteiger partial charge is 0.407 e. The third kappa shape index (κ3) is 7.79. The van der Waals surface area contributed by atoms with E-state index in [-0.39, 0.29) is 11.9 Å². The zero-order chi connectivity index (χ0) is 29.7. The minimum absolute atomic E-state index is 0.00436. The van der Waals surface area contributed by atoms with Crippen LogP contribution in [0, 0.1) is 6.92 Å². The number of hydrogen-bond donors (Lipinski definition) is 2. The summed E-state index contributed by atoms with van der Waals surface area (Å²) in [5, 5.41) is 6.06. The molecule has 1 aromatic carbocycles. The highest BCUT2D eigenvalue weighted by atomic mass is 16.6. The first kappa shape index (κ1) is 28.9. The number of pyridine rings is 2. The van der Waals surface area contributed by atoms with Crippen LogP contribution in [0.15, 0.2) is 73.4 Å². The fraction of sp³-hybridized carbons (Fsp3) is 0.344. The molecule has 2 amide bonds. The van der Waals surface area contributed by atoms with Crippen LogP contribution < -0.4 is 10.6 Å². The first-order valence-electron chi connectivity index (χ1n) is 14.2. The minimum Gasteiger partial charge on any atom is -0.444 e. The largest absolute Gasteiger partial charge is 0.444 e. The van der Waals surface area contributed by atoms with Crippen molar-refractivity contribution in [1.82, 2.24) is 29.7 Å². The second-order valence-electron chi connectivity index (χ2n) is 11.6. The number of ether oxygens (including phenoxy) is 1. The van der Waals surface area contributed by atoms with Crippen LogP contribution in [0.3, 0.4) is 0 Å². The van der Waals surface area contributed by atoms with Gasteiger partial charge in [0.25, 0.3) is 5.91 Å². The van der Waals surface area contributed by atoms with Gasteiger partial charge in [-0.3, -0.25) is 19.7 Å². The van der Waals surface area contributed by atoms with Crippen molar-refractivity contribution in [3.63, 3.8) is 0 Å². The zero-order valence-corrected chi connectivity index (χ0v) is 24.5. The maximum absolute atomic E-state index is 13.3. The molecule has 4 heterocycles. The Balaban J connectivity index is 1.34. The van der Waals surface area contributed by atoms with Crippen LogP contribution in [0.25, 0.3) is 16.9 Å². The number of nitrogens with zero attached hydrogens (tertiary/aromatic N) is 5. The van der Waals surface area contributed by atoms with Gasteiger partial charge in [0.2, 0.25) is 0 Å². The number of alkyl carbamates (subject to hydrolysis) is 1. The van der Waals surface area contributed by atoms with Gasteiger partial charge < -0.3 is 19.9 Å². The van der Waals surface area contributed by atoms with Gasteiger partial charge in [-0.1, -0.05) is 6.07 Å². The van der Waals surface area contributed by atoms with Crippen LogP contribution in [-0.2, 0) is 11.3 Å². The summed E-state index contributed by atoms with van der Waals surface area (Å²) >= 11 is 0. The quantitative estimate of drug-likeness (QED) is 0.308. The van der Waals surface area contributed by atoms with Gasteiger partial charge in [-0.05, 0) is 95.1 Å². The van der Waals surface area contributed by atoms with E-state index in [4.69, 9.17) is 4.74 Å². The highest BCUT2D eigenvalue weighted by Crippen LogP contribution is 2.23. The number of nitrogens with one attached hydrogen (secondary N) is 2. The summed E-state index contributed by atoms with van der Waals surface area (Å²) < 4.78 is 7.40. The molecule has 42 heavy (non-hydrogen) atoms. The Bertz CT molecular complexity index is 1550. The molecule has 1 aliphatic heterocycles. The van der Waals surface area contributed by atoms with E-state index in [0.717, 1.165) is 47.6 Å². The van der Waals surface area contributed by atoms with Gasteiger partial charge in [0.1, 0.15) is 11.3 Å². The Kier molecular flexibility index (Phi) is 8.63. The van der Waals surface area contributed by atoms with Crippen molar-refractivity contribution in [3.05, 3.63) is 90.4 Å². The highest BCUT2D eigenvalue weighted by molar-refractivity contribution is 6.03. The fourth-order valence-electron chi connectivity index (χ4n) is 5.04. The molecule has 0 bridgehead atoms. The minimum atomic E-state index is -0.541. The second kappa shape index (κ2) is 12.5. The summed E-state index contributed by atoms with van der Waals surface area (Å²) in [7, 11) is 0. The average Bonchev–Trinajstić information content (AvgIpc) is 3.39. The number of imidazole rings is 1. The van der Waals surface area contributed by atoms with Crippen molar-refractivity contribution in [2.45, 2.75) is 58.7 Å². The maximum Gasteiger partial charge on any atom is 0.407 e. The van der Waals surface area contributed by atoms with Crippen LogP contribution in [0.2, 0.25) is 0 Å². The standard InChI is InChI=1S/C32H37N7O3/c1-22-18-39(21-35-22)27-15-23(19-38-13-7-8-25(20-38)37-31(41)42-32(2,3)4)14-26(17-27)36-30(40)29-16-24(10-12-34-29)28-9-5-6-11-33-28/h5-6,9-12,14-18,21,25H,7-8,13,19-20H2,1-4H3,(H,36,40)(H,37,41)/t25-/m0/s1. The van der Waals surface area contributed by atoms with E-state index in [1.807, 2.05) is 74.9 Å². The number of hydrogen-bond acceptors (Lipinski definition) is 7. The molecule has 1 fully saturated rings. The van der Waals surface area contributed by atoms with Crippen LogP contribution in [-0.4, -0.2) is 61.2 Å². The molecule has 10 heteroatoms. The molecule has 0 radical (unpaired) electrons. The fourth-order valence-corrected chi connectivity index (χ4v) is 5.04. The molecule has 1 atom stereocenters. The summed E-state index contributed by atoms with van der Waals surface area (Å²) in [6, 6.07) is 15.3. The maximum atomic E-state index is 13.3. The van der Waals surface area contributed by atoms with Gasteiger partial charge in [0.05, 0.1) is 17.7 Å². The number of aryl methyl sites for hydroxylation is 1. The molecule has 1 aliphatic rings.